The minimum Gasteiger partial charge on any atom is -0.475 e. The lowest BCUT2D eigenvalue weighted by molar-refractivity contribution is 0.303. The Labute approximate surface area is 103 Å². The van der Waals surface area contributed by atoms with Crippen LogP contribution in [0.4, 0.5) is 0 Å². The summed E-state index contributed by atoms with van der Waals surface area (Å²) in [5.41, 5.74) is 0. The summed E-state index contributed by atoms with van der Waals surface area (Å²) in [5.74, 6) is 0.484. The highest BCUT2D eigenvalue weighted by Crippen LogP contribution is 2.24. The Hall–Kier alpha value is -0.320. The van der Waals surface area contributed by atoms with Crippen molar-refractivity contribution in [3.63, 3.8) is 0 Å². The fourth-order valence-electron chi connectivity index (χ4n) is 1.03. The van der Waals surface area contributed by atoms with Crippen LogP contribution in [-0.2, 0) is 0 Å². The zero-order valence-corrected chi connectivity index (χ0v) is 10.9. The van der Waals surface area contributed by atoms with E-state index in [9.17, 15) is 0 Å². The molecule has 5 heteroatoms. The topological polar surface area (TPSA) is 34.1 Å². The first kappa shape index (κ1) is 12.7. The van der Waals surface area contributed by atoms with E-state index in [2.05, 4.69) is 33.2 Å². The fraction of sp³-hybridized carbons (Fsp3) is 0.500. The van der Waals surface area contributed by atoms with Crippen molar-refractivity contribution in [3.8, 4) is 5.88 Å². The number of aromatic nitrogens is 1. The molecule has 0 aliphatic heterocycles. The first-order valence-electron chi connectivity index (χ1n) is 4.88. The Morgan fingerprint density at radius 2 is 2.33 bits per heavy atom. The van der Waals surface area contributed by atoms with Crippen molar-refractivity contribution in [2.24, 2.45) is 0 Å². The van der Waals surface area contributed by atoms with Gasteiger partial charge in [-0.2, -0.15) is 0 Å². The molecule has 1 heterocycles. The molecule has 0 aliphatic carbocycles. The van der Waals surface area contributed by atoms with E-state index in [1.165, 1.54) is 0 Å². The summed E-state index contributed by atoms with van der Waals surface area (Å²) in [7, 11) is 0. The van der Waals surface area contributed by atoms with Gasteiger partial charge >= 0.3 is 0 Å². The molecule has 0 saturated carbocycles. The second-order valence-electron chi connectivity index (χ2n) is 3.04. The van der Waals surface area contributed by atoms with E-state index in [0.29, 0.717) is 17.5 Å². The molecule has 1 aromatic heterocycles. The minimum atomic E-state index is 0.484. The Morgan fingerprint density at radius 3 is 3.00 bits per heavy atom. The number of halogens is 2. The maximum Gasteiger partial charge on any atom is 0.232 e. The van der Waals surface area contributed by atoms with E-state index >= 15 is 0 Å². The molecule has 0 atom stereocenters. The third-order valence-electron chi connectivity index (χ3n) is 1.72. The second-order valence-corrected chi connectivity index (χ2v) is 4.36. The van der Waals surface area contributed by atoms with Crippen molar-refractivity contribution >= 4 is 27.5 Å². The van der Waals surface area contributed by atoms with Crippen LogP contribution in [0.2, 0.25) is 5.02 Å². The van der Waals surface area contributed by atoms with E-state index in [-0.39, 0.29) is 0 Å². The Kier molecular flexibility index (Phi) is 5.98. The summed E-state index contributed by atoms with van der Waals surface area (Å²) in [6.45, 7) is 4.52. The highest BCUT2D eigenvalue weighted by Gasteiger charge is 2.02. The van der Waals surface area contributed by atoms with Gasteiger partial charge in [-0.15, -0.1) is 0 Å². The molecule has 15 heavy (non-hydrogen) atoms. The Balaban J connectivity index is 2.31. The number of rotatable bonds is 6. The highest BCUT2D eigenvalue weighted by molar-refractivity contribution is 9.10. The minimum absolute atomic E-state index is 0.484. The Bertz CT molecular complexity index is 309. The number of hydrogen-bond acceptors (Lipinski definition) is 3. The van der Waals surface area contributed by atoms with Crippen molar-refractivity contribution in [2.75, 3.05) is 19.7 Å². The zero-order valence-electron chi connectivity index (χ0n) is 8.59. The van der Waals surface area contributed by atoms with Crippen molar-refractivity contribution in [1.82, 2.24) is 10.3 Å². The standard InChI is InChI=1S/C10H14BrClN2O/c1-2-3-13-4-5-15-10-9(12)6-8(11)7-14-10/h6-7,13H,2-5H2,1H3. The molecule has 0 fully saturated rings. The summed E-state index contributed by atoms with van der Waals surface area (Å²) in [4.78, 5) is 4.07. The third-order valence-corrected chi connectivity index (χ3v) is 2.42. The zero-order chi connectivity index (χ0) is 11.1. The monoisotopic (exact) mass is 292 g/mol. The molecule has 0 saturated heterocycles. The lowest BCUT2D eigenvalue weighted by atomic mass is 10.5. The van der Waals surface area contributed by atoms with E-state index < -0.39 is 0 Å². The number of pyridine rings is 1. The molecular weight excluding hydrogens is 279 g/mol. The summed E-state index contributed by atoms with van der Waals surface area (Å²) in [6, 6.07) is 1.77. The molecule has 0 bridgehead atoms. The molecule has 3 nitrogen and oxygen atoms in total. The van der Waals surface area contributed by atoms with Crippen LogP contribution in [0.1, 0.15) is 13.3 Å². The van der Waals surface area contributed by atoms with Crippen LogP contribution in [0.15, 0.2) is 16.7 Å². The van der Waals surface area contributed by atoms with Gasteiger partial charge in [0.2, 0.25) is 5.88 Å². The molecule has 0 amide bonds. The SMILES string of the molecule is CCCNCCOc1ncc(Br)cc1Cl. The van der Waals surface area contributed by atoms with E-state index in [1.807, 2.05) is 0 Å². The smallest absolute Gasteiger partial charge is 0.232 e. The van der Waals surface area contributed by atoms with Gasteiger partial charge in [0.15, 0.2) is 0 Å². The van der Waals surface area contributed by atoms with Crippen molar-refractivity contribution in [1.29, 1.82) is 0 Å². The molecule has 84 valence electrons. The lowest BCUT2D eigenvalue weighted by Crippen LogP contribution is -2.21. The van der Waals surface area contributed by atoms with Gasteiger partial charge < -0.3 is 10.1 Å². The van der Waals surface area contributed by atoms with Crippen LogP contribution in [-0.4, -0.2) is 24.7 Å². The van der Waals surface area contributed by atoms with Crippen LogP contribution in [0, 0.1) is 0 Å². The average Bonchev–Trinajstić information content (AvgIpc) is 2.20. The van der Waals surface area contributed by atoms with Gasteiger partial charge in [0.05, 0.1) is 0 Å². The molecular formula is C10H14BrClN2O. The summed E-state index contributed by atoms with van der Waals surface area (Å²) < 4.78 is 6.26. The van der Waals surface area contributed by atoms with Crippen LogP contribution >= 0.6 is 27.5 Å². The highest BCUT2D eigenvalue weighted by atomic mass is 79.9. The molecule has 0 aliphatic rings. The predicted molar refractivity (Wildman–Crippen MR) is 65.6 cm³/mol. The van der Waals surface area contributed by atoms with Crippen LogP contribution < -0.4 is 10.1 Å². The van der Waals surface area contributed by atoms with Crippen LogP contribution in [0.25, 0.3) is 0 Å². The number of hydrogen-bond donors (Lipinski definition) is 1. The average molecular weight is 294 g/mol. The summed E-state index contributed by atoms with van der Waals surface area (Å²) in [6.07, 6.45) is 2.79. The molecule has 0 unspecified atom stereocenters. The third kappa shape index (κ3) is 4.82. The second kappa shape index (κ2) is 7.04. The Morgan fingerprint density at radius 1 is 1.53 bits per heavy atom. The quantitative estimate of drug-likeness (QED) is 0.819. The van der Waals surface area contributed by atoms with Crippen molar-refractivity contribution in [2.45, 2.75) is 13.3 Å². The van der Waals surface area contributed by atoms with Gasteiger partial charge in [0, 0.05) is 17.2 Å². The predicted octanol–water partition coefficient (Wildman–Crippen LogP) is 2.88. The van der Waals surface area contributed by atoms with Crippen LogP contribution in [0.5, 0.6) is 5.88 Å². The van der Waals surface area contributed by atoms with Gasteiger partial charge in [0.1, 0.15) is 11.6 Å². The largest absolute Gasteiger partial charge is 0.475 e. The van der Waals surface area contributed by atoms with E-state index in [4.69, 9.17) is 16.3 Å². The van der Waals surface area contributed by atoms with Crippen LogP contribution in [0.3, 0.4) is 0 Å². The summed E-state index contributed by atoms with van der Waals surface area (Å²) >= 11 is 9.22. The summed E-state index contributed by atoms with van der Waals surface area (Å²) in [5, 5.41) is 3.76. The van der Waals surface area contributed by atoms with Gasteiger partial charge in [-0.25, -0.2) is 4.98 Å². The molecule has 1 aromatic rings. The number of nitrogens with zero attached hydrogens (tertiary/aromatic N) is 1. The lowest BCUT2D eigenvalue weighted by Gasteiger charge is -2.07. The van der Waals surface area contributed by atoms with Crippen molar-refractivity contribution in [3.05, 3.63) is 21.8 Å². The molecule has 0 spiro atoms. The van der Waals surface area contributed by atoms with E-state index in [0.717, 1.165) is 24.0 Å². The van der Waals surface area contributed by atoms with E-state index in [1.54, 1.807) is 12.3 Å². The van der Waals surface area contributed by atoms with Gasteiger partial charge in [-0.05, 0) is 35.0 Å². The number of ether oxygens (including phenoxy) is 1. The van der Waals surface area contributed by atoms with Crippen molar-refractivity contribution < 1.29 is 4.74 Å². The maximum atomic E-state index is 5.93. The maximum absolute atomic E-state index is 5.93. The first-order chi connectivity index (χ1) is 7.24. The first-order valence-corrected chi connectivity index (χ1v) is 6.05. The van der Waals surface area contributed by atoms with Gasteiger partial charge in [-0.3, -0.25) is 0 Å². The van der Waals surface area contributed by atoms with Gasteiger partial charge in [0.25, 0.3) is 0 Å². The fourth-order valence-corrected chi connectivity index (χ4v) is 1.71. The number of nitrogens with one attached hydrogen (secondary N) is 1. The molecule has 1 N–H and O–H groups in total. The normalized spacial score (nSPS) is 10.3. The van der Waals surface area contributed by atoms with Gasteiger partial charge in [-0.1, -0.05) is 18.5 Å². The molecule has 0 aromatic carbocycles. The molecule has 1 rings (SSSR count). The molecule has 0 radical (unpaired) electrons.